The molecule has 0 bridgehead atoms. The average molecular weight is 309 g/mol. The number of hydrogen-bond acceptors (Lipinski definition) is 4. The van der Waals surface area contributed by atoms with Crippen LogP contribution < -0.4 is 0 Å². The first-order chi connectivity index (χ1) is 10.8. The van der Waals surface area contributed by atoms with Gasteiger partial charge in [0.15, 0.2) is 0 Å². The summed E-state index contributed by atoms with van der Waals surface area (Å²) in [6.07, 6.45) is 12.7. The minimum absolute atomic E-state index is 0.378. The topological polar surface area (TPSA) is 39.1 Å². The Morgan fingerprint density at radius 3 is 2.09 bits per heavy atom. The molecule has 1 heterocycles. The van der Waals surface area contributed by atoms with Crippen LogP contribution >= 0.6 is 0 Å². The van der Waals surface area contributed by atoms with Crippen molar-refractivity contribution in [2.45, 2.75) is 77.2 Å². The molecule has 1 saturated heterocycles. The maximum Gasteiger partial charge on any atom is 0.0742 e. The van der Waals surface area contributed by atoms with E-state index in [0.717, 1.165) is 44.9 Å². The highest BCUT2D eigenvalue weighted by Crippen LogP contribution is 2.20. The van der Waals surface area contributed by atoms with E-state index in [0.29, 0.717) is 6.04 Å². The number of oxime groups is 1. The molecule has 1 saturated carbocycles. The van der Waals surface area contributed by atoms with Crippen molar-refractivity contribution in [2.75, 3.05) is 32.7 Å². The van der Waals surface area contributed by atoms with E-state index in [-0.39, 0.29) is 0 Å². The van der Waals surface area contributed by atoms with Gasteiger partial charge in [-0.1, -0.05) is 57.0 Å². The summed E-state index contributed by atoms with van der Waals surface area (Å²) in [5, 5.41) is 13.3. The average Bonchev–Trinajstić information content (AvgIpc) is 2.55. The number of likely N-dealkylation sites (N-methyl/N-ethyl adjacent to an activating group) is 1. The van der Waals surface area contributed by atoms with Crippen LogP contribution in [0.5, 0.6) is 0 Å². The van der Waals surface area contributed by atoms with Crippen molar-refractivity contribution in [1.82, 2.24) is 9.80 Å². The lowest BCUT2D eigenvalue weighted by Gasteiger charge is -2.39. The Hall–Kier alpha value is -0.610. The first-order valence-electron chi connectivity index (χ1n) is 9.52. The first kappa shape index (κ1) is 17.7. The summed E-state index contributed by atoms with van der Waals surface area (Å²) in [5.41, 5.74) is 1.05. The van der Waals surface area contributed by atoms with Crippen LogP contribution in [0.15, 0.2) is 5.16 Å². The van der Waals surface area contributed by atoms with Gasteiger partial charge in [0.05, 0.1) is 11.8 Å². The molecule has 0 aromatic carbocycles. The molecule has 2 rings (SSSR count). The molecule has 1 aliphatic heterocycles. The van der Waals surface area contributed by atoms with Crippen molar-refractivity contribution in [1.29, 1.82) is 0 Å². The molecule has 4 heteroatoms. The first-order valence-corrected chi connectivity index (χ1v) is 9.52. The molecule has 1 N–H and O–H groups in total. The molecule has 4 nitrogen and oxygen atoms in total. The molecule has 0 unspecified atom stereocenters. The van der Waals surface area contributed by atoms with Crippen molar-refractivity contribution < 1.29 is 5.21 Å². The molecule has 2 aliphatic rings. The fourth-order valence-corrected chi connectivity index (χ4v) is 3.94. The van der Waals surface area contributed by atoms with E-state index in [9.17, 15) is 5.21 Å². The van der Waals surface area contributed by atoms with Gasteiger partial charge in [-0.05, 0) is 25.8 Å². The number of rotatable bonds is 2. The van der Waals surface area contributed by atoms with Gasteiger partial charge in [0.2, 0.25) is 0 Å². The summed E-state index contributed by atoms with van der Waals surface area (Å²) in [6.45, 7) is 7.96. The summed E-state index contributed by atoms with van der Waals surface area (Å²) in [6, 6.07) is 0.378. The third kappa shape index (κ3) is 5.54. The fourth-order valence-electron chi connectivity index (χ4n) is 3.94. The number of piperazine rings is 1. The quantitative estimate of drug-likeness (QED) is 0.624. The van der Waals surface area contributed by atoms with Crippen molar-refractivity contribution >= 4 is 5.71 Å². The summed E-state index contributed by atoms with van der Waals surface area (Å²) in [4.78, 5) is 5.09. The normalized spacial score (nSPS) is 29.9. The van der Waals surface area contributed by atoms with E-state index < -0.39 is 0 Å². The molecular formula is C18H35N3O. The second-order valence-corrected chi connectivity index (χ2v) is 6.94. The van der Waals surface area contributed by atoms with Gasteiger partial charge in [0.25, 0.3) is 0 Å². The predicted molar refractivity (Wildman–Crippen MR) is 92.9 cm³/mol. The number of hydrogen-bond donors (Lipinski definition) is 1. The molecule has 22 heavy (non-hydrogen) atoms. The summed E-state index contributed by atoms with van der Waals surface area (Å²) in [7, 11) is 0. The molecule has 128 valence electrons. The van der Waals surface area contributed by atoms with E-state index in [4.69, 9.17) is 0 Å². The van der Waals surface area contributed by atoms with Crippen LogP contribution in [-0.4, -0.2) is 59.5 Å². The standard InChI is InChI=1S/C18H35N3O/c1-2-20-13-15-21(16-14-20)18-12-10-8-6-4-3-5-7-9-11-17(18)19-22/h18,22H,2-16H2,1H3/b19-17+/t18-/m0/s1. The number of nitrogens with zero attached hydrogens (tertiary/aromatic N) is 3. The van der Waals surface area contributed by atoms with Crippen LogP contribution in [0.1, 0.15) is 71.1 Å². The maximum atomic E-state index is 9.55. The minimum Gasteiger partial charge on any atom is -0.411 e. The lowest BCUT2D eigenvalue weighted by Crippen LogP contribution is -2.52. The van der Waals surface area contributed by atoms with Gasteiger partial charge >= 0.3 is 0 Å². The molecule has 0 aromatic heterocycles. The zero-order valence-corrected chi connectivity index (χ0v) is 14.5. The lowest BCUT2D eigenvalue weighted by atomic mass is 9.95. The molecule has 0 spiro atoms. The lowest BCUT2D eigenvalue weighted by molar-refractivity contribution is 0.115. The Morgan fingerprint density at radius 1 is 0.909 bits per heavy atom. The smallest absolute Gasteiger partial charge is 0.0742 e. The van der Waals surface area contributed by atoms with Crippen molar-refractivity contribution in [3.05, 3.63) is 0 Å². The molecule has 1 aliphatic carbocycles. The molecule has 0 aromatic rings. The van der Waals surface area contributed by atoms with E-state index >= 15 is 0 Å². The summed E-state index contributed by atoms with van der Waals surface area (Å²) in [5.74, 6) is 0. The third-order valence-corrected chi connectivity index (χ3v) is 5.47. The van der Waals surface area contributed by atoms with E-state index in [1.54, 1.807) is 0 Å². The van der Waals surface area contributed by atoms with Gasteiger partial charge in [0.1, 0.15) is 0 Å². The second-order valence-electron chi connectivity index (χ2n) is 6.94. The van der Waals surface area contributed by atoms with Gasteiger partial charge in [-0.15, -0.1) is 0 Å². The molecule has 0 radical (unpaired) electrons. The van der Waals surface area contributed by atoms with E-state index in [2.05, 4.69) is 21.9 Å². The Balaban J connectivity index is 1.95. The highest BCUT2D eigenvalue weighted by atomic mass is 16.4. The third-order valence-electron chi connectivity index (χ3n) is 5.47. The maximum absolute atomic E-state index is 9.55. The molecule has 2 fully saturated rings. The van der Waals surface area contributed by atoms with Gasteiger partial charge in [-0.25, -0.2) is 0 Å². The Bertz CT molecular complexity index is 324. The van der Waals surface area contributed by atoms with Crippen LogP contribution in [0.2, 0.25) is 0 Å². The second kappa shape index (κ2) is 10.2. The zero-order valence-electron chi connectivity index (χ0n) is 14.5. The SMILES string of the molecule is CCN1CCN([C@H]2CCCCCCCCCC/C2=N\O)CC1. The van der Waals surface area contributed by atoms with Gasteiger partial charge < -0.3 is 10.1 Å². The predicted octanol–water partition coefficient (Wildman–Crippen LogP) is 3.74. The van der Waals surface area contributed by atoms with Crippen molar-refractivity contribution in [3.8, 4) is 0 Å². The van der Waals surface area contributed by atoms with Gasteiger partial charge in [-0.3, -0.25) is 4.90 Å². The van der Waals surface area contributed by atoms with E-state index in [1.807, 2.05) is 0 Å². The molecule has 1 atom stereocenters. The van der Waals surface area contributed by atoms with Crippen LogP contribution in [-0.2, 0) is 0 Å². The minimum atomic E-state index is 0.378. The van der Waals surface area contributed by atoms with Crippen molar-refractivity contribution in [2.24, 2.45) is 5.16 Å². The molecular weight excluding hydrogens is 274 g/mol. The van der Waals surface area contributed by atoms with Gasteiger partial charge in [-0.2, -0.15) is 0 Å². The van der Waals surface area contributed by atoms with Crippen LogP contribution in [0.25, 0.3) is 0 Å². The Labute approximate surface area is 136 Å². The van der Waals surface area contributed by atoms with Crippen LogP contribution in [0, 0.1) is 0 Å². The zero-order chi connectivity index (χ0) is 15.6. The highest BCUT2D eigenvalue weighted by Gasteiger charge is 2.27. The monoisotopic (exact) mass is 309 g/mol. The Kier molecular flexibility index (Phi) is 8.24. The van der Waals surface area contributed by atoms with Crippen LogP contribution in [0.4, 0.5) is 0 Å². The summed E-state index contributed by atoms with van der Waals surface area (Å²) < 4.78 is 0. The fraction of sp³-hybridized carbons (Fsp3) is 0.944. The van der Waals surface area contributed by atoms with Crippen LogP contribution in [0.3, 0.4) is 0 Å². The highest BCUT2D eigenvalue weighted by molar-refractivity contribution is 5.89. The Morgan fingerprint density at radius 2 is 1.50 bits per heavy atom. The van der Waals surface area contributed by atoms with Gasteiger partial charge in [0, 0.05) is 26.2 Å². The molecule has 0 amide bonds. The van der Waals surface area contributed by atoms with Crippen molar-refractivity contribution in [3.63, 3.8) is 0 Å². The largest absolute Gasteiger partial charge is 0.411 e. The van der Waals surface area contributed by atoms with E-state index in [1.165, 1.54) is 57.8 Å². The summed E-state index contributed by atoms with van der Waals surface area (Å²) >= 11 is 0.